The van der Waals surface area contributed by atoms with Gasteiger partial charge >= 0.3 is 0 Å². The van der Waals surface area contributed by atoms with Crippen molar-refractivity contribution in [3.05, 3.63) is 36.4 Å². The maximum atomic E-state index is 9.76. The van der Waals surface area contributed by atoms with Gasteiger partial charge in [-0.15, -0.1) is 19.0 Å². The van der Waals surface area contributed by atoms with Crippen LogP contribution >= 0.6 is 12.4 Å². The summed E-state index contributed by atoms with van der Waals surface area (Å²) in [6, 6.07) is 4.88. The number of nitrogens with two attached hydrogens (primary N) is 1. The average Bonchev–Trinajstić information content (AvgIpc) is 2.19. The Balaban J connectivity index is 0.00000289. The number of ether oxygens (including phenoxy) is 1. The lowest BCUT2D eigenvalue weighted by molar-refractivity contribution is 0.130. The maximum Gasteiger partial charge on any atom is 0.120 e. The van der Waals surface area contributed by atoms with E-state index in [1.807, 2.05) is 20.8 Å². The molecule has 3 N–H and O–H groups in total. The normalized spacial score (nSPS) is 12.4. The summed E-state index contributed by atoms with van der Waals surface area (Å²) in [7, 11) is 0. The van der Waals surface area contributed by atoms with E-state index in [1.165, 1.54) is 0 Å². The molecule has 0 aliphatic heterocycles. The molecule has 1 aromatic carbocycles. The van der Waals surface area contributed by atoms with Crippen LogP contribution in [0.25, 0.3) is 0 Å². The lowest BCUT2D eigenvalue weighted by Gasteiger charge is -2.22. The quantitative estimate of drug-likeness (QED) is 0.823. The second-order valence-electron chi connectivity index (χ2n) is 5.07. The van der Waals surface area contributed by atoms with Crippen LogP contribution in [0, 0.1) is 0 Å². The van der Waals surface area contributed by atoms with Crippen molar-refractivity contribution >= 4 is 12.4 Å². The van der Waals surface area contributed by atoms with E-state index in [0.29, 0.717) is 17.7 Å². The zero-order valence-corrected chi connectivity index (χ0v) is 12.0. The SMILES string of the molecule is C=CC[C@H](N)c1cc(OC(C)(C)C)ccc1O.Cl. The van der Waals surface area contributed by atoms with Crippen molar-refractivity contribution in [1.82, 2.24) is 0 Å². The van der Waals surface area contributed by atoms with Gasteiger partial charge in [0.25, 0.3) is 0 Å². The molecular weight excluding hydrogens is 250 g/mol. The number of rotatable bonds is 4. The minimum Gasteiger partial charge on any atom is -0.508 e. The summed E-state index contributed by atoms with van der Waals surface area (Å²) in [5.74, 6) is 0.908. The van der Waals surface area contributed by atoms with E-state index in [4.69, 9.17) is 10.5 Å². The second kappa shape index (κ2) is 6.66. The van der Waals surface area contributed by atoms with Gasteiger partial charge < -0.3 is 15.6 Å². The molecular formula is C14H22ClNO2. The van der Waals surface area contributed by atoms with E-state index < -0.39 is 0 Å². The molecule has 4 heteroatoms. The fourth-order valence-corrected chi connectivity index (χ4v) is 1.55. The first-order valence-electron chi connectivity index (χ1n) is 5.72. The molecule has 0 heterocycles. The van der Waals surface area contributed by atoms with Crippen LogP contribution in [0.15, 0.2) is 30.9 Å². The second-order valence-corrected chi connectivity index (χ2v) is 5.07. The smallest absolute Gasteiger partial charge is 0.120 e. The lowest BCUT2D eigenvalue weighted by Crippen LogP contribution is -2.23. The van der Waals surface area contributed by atoms with Crippen molar-refractivity contribution in [3.8, 4) is 11.5 Å². The zero-order valence-electron chi connectivity index (χ0n) is 11.1. The summed E-state index contributed by atoms with van der Waals surface area (Å²) in [6.45, 7) is 9.57. The largest absolute Gasteiger partial charge is 0.508 e. The molecule has 0 spiro atoms. The van der Waals surface area contributed by atoms with Gasteiger partial charge in [0.2, 0.25) is 0 Å². The van der Waals surface area contributed by atoms with Crippen molar-refractivity contribution in [2.45, 2.75) is 38.8 Å². The van der Waals surface area contributed by atoms with Crippen LogP contribution in [0.4, 0.5) is 0 Å². The highest BCUT2D eigenvalue weighted by molar-refractivity contribution is 5.85. The monoisotopic (exact) mass is 271 g/mol. The molecule has 0 fully saturated rings. The van der Waals surface area contributed by atoms with Crippen molar-refractivity contribution in [2.75, 3.05) is 0 Å². The Labute approximate surface area is 115 Å². The first-order chi connectivity index (χ1) is 7.83. The molecule has 3 nitrogen and oxygen atoms in total. The van der Waals surface area contributed by atoms with Crippen LogP contribution in [0.3, 0.4) is 0 Å². The highest BCUT2D eigenvalue weighted by Crippen LogP contribution is 2.30. The van der Waals surface area contributed by atoms with Crippen molar-refractivity contribution < 1.29 is 9.84 Å². The predicted octanol–water partition coefficient (Wildman–Crippen LogP) is 3.57. The van der Waals surface area contributed by atoms with Crippen molar-refractivity contribution in [1.29, 1.82) is 0 Å². The molecule has 0 aliphatic rings. The van der Waals surface area contributed by atoms with E-state index in [9.17, 15) is 5.11 Å². The number of aromatic hydroxyl groups is 1. The number of hydrogen-bond donors (Lipinski definition) is 2. The lowest BCUT2D eigenvalue weighted by atomic mass is 10.0. The van der Waals surface area contributed by atoms with E-state index >= 15 is 0 Å². The van der Waals surface area contributed by atoms with Crippen LogP contribution in [0.5, 0.6) is 11.5 Å². The molecule has 102 valence electrons. The number of halogens is 1. The summed E-state index contributed by atoms with van der Waals surface area (Å²) in [6.07, 6.45) is 2.36. The Bertz CT molecular complexity index is 399. The highest BCUT2D eigenvalue weighted by atomic mass is 35.5. The van der Waals surface area contributed by atoms with E-state index in [1.54, 1.807) is 24.3 Å². The fourth-order valence-electron chi connectivity index (χ4n) is 1.55. The van der Waals surface area contributed by atoms with Crippen LogP contribution in [-0.4, -0.2) is 10.7 Å². The minimum atomic E-state index is -0.267. The van der Waals surface area contributed by atoms with Crippen LogP contribution in [0.2, 0.25) is 0 Å². The molecule has 0 bridgehead atoms. The van der Waals surface area contributed by atoms with Crippen LogP contribution < -0.4 is 10.5 Å². The standard InChI is InChI=1S/C14H21NO2.ClH/c1-5-6-12(15)11-9-10(7-8-13(11)16)17-14(2,3)4;/h5,7-9,12,16H,1,6,15H2,2-4H3;1H/t12-;/m0./s1. The minimum absolute atomic E-state index is 0. The molecule has 0 aliphatic carbocycles. The van der Waals surface area contributed by atoms with Gasteiger partial charge in [0.05, 0.1) is 0 Å². The Morgan fingerprint density at radius 3 is 2.56 bits per heavy atom. The number of phenolic OH excluding ortho intramolecular Hbond substituents is 1. The Hall–Kier alpha value is -1.19. The van der Waals surface area contributed by atoms with Gasteiger partial charge in [-0.3, -0.25) is 0 Å². The van der Waals surface area contributed by atoms with Gasteiger partial charge in [-0.2, -0.15) is 0 Å². The molecule has 0 saturated heterocycles. The molecule has 1 aromatic rings. The first-order valence-corrected chi connectivity index (χ1v) is 5.72. The van der Waals surface area contributed by atoms with Gasteiger partial charge in [-0.1, -0.05) is 6.08 Å². The van der Waals surface area contributed by atoms with Gasteiger partial charge in [-0.25, -0.2) is 0 Å². The van der Waals surface area contributed by atoms with E-state index in [2.05, 4.69) is 6.58 Å². The van der Waals surface area contributed by atoms with Crippen LogP contribution in [-0.2, 0) is 0 Å². The highest BCUT2D eigenvalue weighted by Gasteiger charge is 2.15. The summed E-state index contributed by atoms with van der Waals surface area (Å²) in [4.78, 5) is 0. The number of benzene rings is 1. The van der Waals surface area contributed by atoms with Crippen molar-refractivity contribution in [3.63, 3.8) is 0 Å². The van der Waals surface area contributed by atoms with Crippen LogP contribution in [0.1, 0.15) is 38.8 Å². The Kier molecular flexibility index (Phi) is 6.22. The predicted molar refractivity (Wildman–Crippen MR) is 77.5 cm³/mol. The molecule has 0 aromatic heterocycles. The third-order valence-electron chi connectivity index (χ3n) is 2.24. The maximum absolute atomic E-state index is 9.76. The molecule has 0 saturated carbocycles. The summed E-state index contributed by atoms with van der Waals surface area (Å²) >= 11 is 0. The Morgan fingerprint density at radius 2 is 2.06 bits per heavy atom. The summed E-state index contributed by atoms with van der Waals surface area (Å²) in [5.41, 5.74) is 6.37. The molecule has 1 atom stereocenters. The van der Waals surface area contributed by atoms with Gasteiger partial charge in [0.1, 0.15) is 17.1 Å². The third-order valence-corrected chi connectivity index (χ3v) is 2.24. The number of hydrogen-bond acceptors (Lipinski definition) is 3. The zero-order chi connectivity index (χ0) is 13.1. The van der Waals surface area contributed by atoms with Crippen molar-refractivity contribution in [2.24, 2.45) is 5.73 Å². The molecule has 1 rings (SSSR count). The average molecular weight is 272 g/mol. The van der Waals surface area contributed by atoms with Gasteiger partial charge in [0, 0.05) is 11.6 Å². The van der Waals surface area contributed by atoms with E-state index in [-0.39, 0.29) is 29.8 Å². The summed E-state index contributed by atoms with van der Waals surface area (Å²) in [5, 5.41) is 9.76. The fraction of sp³-hybridized carbons (Fsp3) is 0.429. The molecule has 0 radical (unpaired) electrons. The molecule has 0 amide bonds. The van der Waals surface area contributed by atoms with Gasteiger partial charge in [0.15, 0.2) is 0 Å². The van der Waals surface area contributed by atoms with E-state index in [0.717, 1.165) is 0 Å². The number of phenols is 1. The Morgan fingerprint density at radius 1 is 1.44 bits per heavy atom. The first kappa shape index (κ1) is 16.8. The van der Waals surface area contributed by atoms with Gasteiger partial charge in [-0.05, 0) is 45.4 Å². The molecule has 0 unspecified atom stereocenters. The topological polar surface area (TPSA) is 55.5 Å². The molecule has 18 heavy (non-hydrogen) atoms. The summed E-state index contributed by atoms with van der Waals surface area (Å²) < 4.78 is 5.73. The third kappa shape index (κ3) is 4.98.